The van der Waals surface area contributed by atoms with E-state index in [0.29, 0.717) is 18.1 Å². The summed E-state index contributed by atoms with van der Waals surface area (Å²) in [5.74, 6) is -0.795. The van der Waals surface area contributed by atoms with E-state index >= 15 is 0 Å². The summed E-state index contributed by atoms with van der Waals surface area (Å²) < 4.78 is 32.2. The van der Waals surface area contributed by atoms with Crippen LogP contribution in [0.3, 0.4) is 0 Å². The summed E-state index contributed by atoms with van der Waals surface area (Å²) in [7, 11) is 1.42. The van der Waals surface area contributed by atoms with Crippen LogP contribution in [0.4, 0.5) is 8.78 Å². The van der Waals surface area contributed by atoms with Crippen LogP contribution in [0, 0.1) is 11.6 Å². The molecular weight excluding hydrogens is 340 g/mol. The minimum absolute atomic E-state index is 0.191. The van der Waals surface area contributed by atoms with Crippen molar-refractivity contribution in [3.05, 3.63) is 59.2 Å². The molecule has 0 saturated carbocycles. The van der Waals surface area contributed by atoms with E-state index in [4.69, 9.17) is 4.74 Å². The normalized spacial score (nSPS) is 12.6. The van der Waals surface area contributed by atoms with E-state index in [9.17, 15) is 13.9 Å². The summed E-state index contributed by atoms with van der Waals surface area (Å²) >= 11 is 0. The van der Waals surface area contributed by atoms with Gasteiger partial charge in [-0.25, -0.2) is 13.8 Å². The zero-order chi connectivity index (χ0) is 19.1. The molecule has 0 fully saturated rings. The second-order valence-electron chi connectivity index (χ2n) is 5.74. The van der Waals surface area contributed by atoms with Gasteiger partial charge in [-0.15, -0.1) is 0 Å². The van der Waals surface area contributed by atoms with E-state index < -0.39 is 17.4 Å². The van der Waals surface area contributed by atoms with Crippen LogP contribution in [0.1, 0.15) is 31.0 Å². The van der Waals surface area contributed by atoms with Gasteiger partial charge in [-0.3, -0.25) is 0 Å². The predicted octanol–water partition coefficient (Wildman–Crippen LogP) is 3.50. The molecule has 0 heterocycles. The third-order valence-electron chi connectivity index (χ3n) is 3.81. The van der Waals surface area contributed by atoms with Gasteiger partial charge in [0.2, 0.25) is 0 Å². The summed E-state index contributed by atoms with van der Waals surface area (Å²) in [6.07, 6.45) is 0. The molecule has 0 saturated heterocycles. The fraction of sp³-hybridized carbons (Fsp3) is 0.316. The number of aromatic hydroxyl groups is 1. The summed E-state index contributed by atoms with van der Waals surface area (Å²) in [5.41, 5.74) is 1.37. The minimum atomic E-state index is -0.683. The number of methoxy groups -OCH3 is 1. The molecule has 26 heavy (non-hydrogen) atoms. The van der Waals surface area contributed by atoms with Crippen LogP contribution in [0.25, 0.3) is 0 Å². The zero-order valence-electron chi connectivity index (χ0n) is 15.0. The first-order chi connectivity index (χ1) is 12.4. The Morgan fingerprint density at radius 2 is 1.96 bits per heavy atom. The highest BCUT2D eigenvalue weighted by molar-refractivity contribution is 5.80. The summed E-state index contributed by atoms with van der Waals surface area (Å²) in [4.78, 5) is 4.40. The third-order valence-corrected chi connectivity index (χ3v) is 3.81. The molecule has 5 nitrogen and oxygen atoms in total. The minimum Gasteiger partial charge on any atom is -0.505 e. The summed E-state index contributed by atoms with van der Waals surface area (Å²) in [5, 5.41) is 15.5. The number of nitrogens with zero attached hydrogens (tertiary/aromatic N) is 1. The lowest BCUT2D eigenvalue weighted by molar-refractivity contribution is 0.386. The molecular formula is C19H23F2N3O2. The quantitative estimate of drug-likeness (QED) is 0.543. The van der Waals surface area contributed by atoms with Gasteiger partial charge in [-0.05, 0) is 49.2 Å². The second-order valence-corrected chi connectivity index (χ2v) is 5.74. The Balaban J connectivity index is 2.10. The Hall–Kier alpha value is -2.83. The highest BCUT2D eigenvalue weighted by Crippen LogP contribution is 2.21. The van der Waals surface area contributed by atoms with Crippen molar-refractivity contribution in [3.8, 4) is 11.5 Å². The number of phenolic OH excluding ortho intramolecular Hbond substituents is 1. The maximum Gasteiger partial charge on any atom is 0.192 e. The summed E-state index contributed by atoms with van der Waals surface area (Å²) in [6, 6.07) is 8.70. The van der Waals surface area contributed by atoms with Crippen molar-refractivity contribution in [2.24, 2.45) is 4.99 Å². The maximum atomic E-state index is 13.9. The van der Waals surface area contributed by atoms with Crippen LogP contribution in [0.15, 0.2) is 41.4 Å². The van der Waals surface area contributed by atoms with Crippen molar-refractivity contribution >= 4 is 5.96 Å². The monoisotopic (exact) mass is 363 g/mol. The molecule has 2 aromatic carbocycles. The fourth-order valence-electron chi connectivity index (χ4n) is 2.38. The van der Waals surface area contributed by atoms with Gasteiger partial charge in [0.25, 0.3) is 0 Å². The van der Waals surface area contributed by atoms with E-state index in [1.807, 2.05) is 13.8 Å². The van der Waals surface area contributed by atoms with Gasteiger partial charge in [0.15, 0.2) is 29.1 Å². The van der Waals surface area contributed by atoms with Crippen LogP contribution < -0.4 is 15.4 Å². The molecule has 3 N–H and O–H groups in total. The van der Waals surface area contributed by atoms with Crippen LogP contribution in [0.2, 0.25) is 0 Å². The first-order valence-corrected chi connectivity index (χ1v) is 8.30. The zero-order valence-corrected chi connectivity index (χ0v) is 15.0. The molecule has 1 atom stereocenters. The lowest BCUT2D eigenvalue weighted by atomic mass is 10.1. The number of ether oxygens (including phenoxy) is 1. The highest BCUT2D eigenvalue weighted by Gasteiger charge is 2.11. The number of benzene rings is 2. The van der Waals surface area contributed by atoms with Gasteiger partial charge in [0.1, 0.15) is 0 Å². The average molecular weight is 363 g/mol. The molecule has 1 unspecified atom stereocenters. The van der Waals surface area contributed by atoms with Gasteiger partial charge in [-0.1, -0.05) is 12.1 Å². The van der Waals surface area contributed by atoms with Gasteiger partial charge in [0.05, 0.1) is 19.7 Å². The largest absolute Gasteiger partial charge is 0.505 e. The molecule has 0 amide bonds. The molecule has 0 radical (unpaired) electrons. The van der Waals surface area contributed by atoms with Gasteiger partial charge < -0.3 is 20.5 Å². The Bertz CT molecular complexity index is 781. The van der Waals surface area contributed by atoms with Crippen molar-refractivity contribution in [2.75, 3.05) is 13.7 Å². The Labute approximate surface area is 151 Å². The van der Waals surface area contributed by atoms with Crippen LogP contribution >= 0.6 is 0 Å². The topological polar surface area (TPSA) is 65.9 Å². The van der Waals surface area contributed by atoms with E-state index in [1.165, 1.54) is 25.3 Å². The van der Waals surface area contributed by atoms with E-state index in [1.54, 1.807) is 18.2 Å². The molecule has 0 spiro atoms. The molecule has 0 aliphatic carbocycles. The van der Waals surface area contributed by atoms with Crippen molar-refractivity contribution in [1.29, 1.82) is 0 Å². The maximum absolute atomic E-state index is 13.9. The molecule has 0 aliphatic heterocycles. The lowest BCUT2D eigenvalue weighted by Crippen LogP contribution is -2.38. The van der Waals surface area contributed by atoms with Gasteiger partial charge in [-0.2, -0.15) is 0 Å². The van der Waals surface area contributed by atoms with Crippen LogP contribution in [0.5, 0.6) is 11.5 Å². The molecule has 0 bridgehead atoms. The number of phenols is 1. The van der Waals surface area contributed by atoms with Crippen LogP contribution in [-0.2, 0) is 6.54 Å². The number of nitrogens with one attached hydrogen (secondary N) is 2. The van der Waals surface area contributed by atoms with E-state index in [-0.39, 0.29) is 18.3 Å². The van der Waals surface area contributed by atoms with Crippen LogP contribution in [-0.4, -0.2) is 24.7 Å². The molecule has 0 aliphatic rings. The summed E-state index contributed by atoms with van der Waals surface area (Å²) in [6.45, 7) is 4.68. The fourth-order valence-corrected chi connectivity index (χ4v) is 2.38. The smallest absolute Gasteiger partial charge is 0.192 e. The standard InChI is InChI=1S/C19H23F2N3O2/c1-4-22-19(23-11-13-5-7-17(25)15(20)9-13)24-12(2)14-6-8-18(26-3)16(21)10-14/h5-10,12,25H,4,11H2,1-3H3,(H2,22,23,24). The first kappa shape index (κ1) is 19.5. The highest BCUT2D eigenvalue weighted by atomic mass is 19.1. The number of rotatable bonds is 6. The Morgan fingerprint density at radius 3 is 2.58 bits per heavy atom. The van der Waals surface area contributed by atoms with Gasteiger partial charge in [0, 0.05) is 6.54 Å². The van der Waals surface area contributed by atoms with E-state index in [0.717, 1.165) is 5.56 Å². The number of aliphatic imine (C=N–C) groups is 1. The first-order valence-electron chi connectivity index (χ1n) is 8.30. The lowest BCUT2D eigenvalue weighted by Gasteiger charge is -2.18. The Kier molecular flexibility index (Phi) is 6.77. The Morgan fingerprint density at radius 1 is 1.19 bits per heavy atom. The molecule has 7 heteroatoms. The average Bonchev–Trinajstić information content (AvgIpc) is 2.62. The molecule has 2 aromatic rings. The van der Waals surface area contributed by atoms with Crippen molar-refractivity contribution in [2.45, 2.75) is 26.4 Å². The number of hydrogen-bond donors (Lipinski definition) is 3. The number of halogens is 2. The molecule has 140 valence electrons. The second kappa shape index (κ2) is 9.03. The van der Waals surface area contributed by atoms with E-state index in [2.05, 4.69) is 15.6 Å². The SMILES string of the molecule is CCNC(=NCc1ccc(O)c(F)c1)NC(C)c1ccc(OC)c(F)c1. The predicted molar refractivity (Wildman–Crippen MR) is 97.4 cm³/mol. The molecule has 0 aromatic heterocycles. The number of guanidine groups is 1. The van der Waals surface area contributed by atoms with Gasteiger partial charge >= 0.3 is 0 Å². The molecule has 2 rings (SSSR count). The van der Waals surface area contributed by atoms with Crippen molar-refractivity contribution in [1.82, 2.24) is 10.6 Å². The third kappa shape index (κ3) is 5.08. The van der Waals surface area contributed by atoms with Crippen molar-refractivity contribution < 1.29 is 18.6 Å². The van der Waals surface area contributed by atoms with Crippen molar-refractivity contribution in [3.63, 3.8) is 0 Å². The number of hydrogen-bond acceptors (Lipinski definition) is 3.